The van der Waals surface area contributed by atoms with Gasteiger partial charge in [0.05, 0.1) is 11.3 Å². The molecule has 2 aromatic rings. The van der Waals surface area contributed by atoms with Crippen LogP contribution in [0.4, 0.5) is 17.7 Å². The van der Waals surface area contributed by atoms with E-state index in [1.54, 1.807) is 18.5 Å². The zero-order valence-corrected chi connectivity index (χ0v) is 17.1. The van der Waals surface area contributed by atoms with Crippen molar-refractivity contribution in [2.45, 2.75) is 26.7 Å². The first-order valence-electron chi connectivity index (χ1n) is 10.0. The third kappa shape index (κ3) is 4.06. The van der Waals surface area contributed by atoms with Gasteiger partial charge < -0.3 is 15.1 Å². The van der Waals surface area contributed by atoms with E-state index < -0.39 is 0 Å². The molecule has 0 unspecified atom stereocenters. The molecule has 1 saturated heterocycles. The van der Waals surface area contributed by atoms with Gasteiger partial charge in [0, 0.05) is 51.5 Å². The van der Waals surface area contributed by atoms with Crippen LogP contribution < -0.4 is 15.1 Å². The quantitative estimate of drug-likeness (QED) is 0.775. The van der Waals surface area contributed by atoms with Gasteiger partial charge in [-0.15, -0.1) is 6.58 Å². The number of ketones is 1. The topological polar surface area (TPSA) is 87.1 Å². The second kappa shape index (κ2) is 7.77. The van der Waals surface area contributed by atoms with Crippen LogP contribution in [0, 0.1) is 5.41 Å². The normalized spacial score (nSPS) is 18.3. The molecule has 0 radical (unpaired) electrons. The van der Waals surface area contributed by atoms with Gasteiger partial charge in [-0.2, -0.15) is 4.98 Å². The number of hydrogen-bond donors (Lipinski definition) is 1. The number of fused-ring (bicyclic) bond motifs is 1. The summed E-state index contributed by atoms with van der Waals surface area (Å²) in [7, 11) is 0. The standard InChI is InChI=1S/C21H27N7O/c1-4-6-22-18-17-15(13-21(2,3)14-16(17)29)25-20(26-18)28-11-9-27(10-12-28)19-23-7-5-8-24-19/h4-5,7-8H,1,6,9-14H2,2-3H3,(H,22,25,26). The Labute approximate surface area is 171 Å². The first kappa shape index (κ1) is 19.3. The average Bonchev–Trinajstić information content (AvgIpc) is 2.71. The number of aromatic nitrogens is 4. The summed E-state index contributed by atoms with van der Waals surface area (Å²) in [5, 5.41) is 3.25. The van der Waals surface area contributed by atoms with Crippen molar-refractivity contribution in [3.05, 3.63) is 42.4 Å². The van der Waals surface area contributed by atoms with Crippen LogP contribution >= 0.6 is 0 Å². The third-order valence-electron chi connectivity index (χ3n) is 5.35. The number of rotatable bonds is 5. The Morgan fingerprint density at radius 3 is 2.38 bits per heavy atom. The SMILES string of the molecule is C=CCNc1nc(N2CCN(c3ncccn3)CC2)nc2c1C(=O)CC(C)(C)C2. The van der Waals surface area contributed by atoms with Gasteiger partial charge in [-0.05, 0) is 17.9 Å². The van der Waals surface area contributed by atoms with Crippen molar-refractivity contribution < 1.29 is 4.79 Å². The minimum Gasteiger partial charge on any atom is -0.366 e. The lowest BCUT2D eigenvalue weighted by molar-refractivity contribution is 0.0911. The fraction of sp³-hybridized carbons (Fsp3) is 0.476. The summed E-state index contributed by atoms with van der Waals surface area (Å²) in [5.74, 6) is 2.16. The minimum absolute atomic E-state index is 0.0885. The van der Waals surface area contributed by atoms with E-state index in [2.05, 4.69) is 45.5 Å². The lowest BCUT2D eigenvalue weighted by Gasteiger charge is -2.36. The third-order valence-corrected chi connectivity index (χ3v) is 5.35. The van der Waals surface area contributed by atoms with E-state index in [0.29, 0.717) is 30.3 Å². The number of carbonyl (C=O) groups is 1. The van der Waals surface area contributed by atoms with Crippen LogP contribution in [-0.2, 0) is 6.42 Å². The highest BCUT2D eigenvalue weighted by atomic mass is 16.1. The second-order valence-corrected chi connectivity index (χ2v) is 8.33. The van der Waals surface area contributed by atoms with E-state index in [9.17, 15) is 4.79 Å². The summed E-state index contributed by atoms with van der Waals surface area (Å²) in [6.45, 7) is 11.7. The summed E-state index contributed by atoms with van der Waals surface area (Å²) in [6, 6.07) is 1.82. The van der Waals surface area contributed by atoms with Crippen LogP contribution in [0.15, 0.2) is 31.1 Å². The number of piperazine rings is 1. The second-order valence-electron chi connectivity index (χ2n) is 8.33. The van der Waals surface area contributed by atoms with Gasteiger partial charge in [0.2, 0.25) is 11.9 Å². The van der Waals surface area contributed by atoms with Gasteiger partial charge in [0.25, 0.3) is 0 Å². The van der Waals surface area contributed by atoms with E-state index in [4.69, 9.17) is 9.97 Å². The van der Waals surface area contributed by atoms with Crippen LogP contribution in [0.2, 0.25) is 0 Å². The van der Waals surface area contributed by atoms with Gasteiger partial charge >= 0.3 is 0 Å². The Morgan fingerprint density at radius 1 is 1.07 bits per heavy atom. The molecule has 1 fully saturated rings. The van der Waals surface area contributed by atoms with Crippen molar-refractivity contribution in [2.75, 3.05) is 47.8 Å². The molecule has 0 saturated carbocycles. The molecule has 8 heteroatoms. The van der Waals surface area contributed by atoms with Crippen molar-refractivity contribution in [2.24, 2.45) is 5.41 Å². The molecule has 2 aliphatic rings. The van der Waals surface area contributed by atoms with E-state index in [0.717, 1.165) is 44.2 Å². The van der Waals surface area contributed by atoms with E-state index in [1.165, 1.54) is 0 Å². The smallest absolute Gasteiger partial charge is 0.227 e. The number of nitrogens with zero attached hydrogens (tertiary/aromatic N) is 6. The minimum atomic E-state index is -0.0885. The molecule has 2 aromatic heterocycles. The molecular formula is C21H27N7O. The molecule has 1 N–H and O–H groups in total. The first-order valence-corrected chi connectivity index (χ1v) is 10.0. The number of hydrogen-bond acceptors (Lipinski definition) is 8. The van der Waals surface area contributed by atoms with Crippen LogP contribution in [0.25, 0.3) is 0 Å². The molecule has 1 aliphatic carbocycles. The summed E-state index contributed by atoms with van der Waals surface area (Å²) >= 11 is 0. The highest BCUT2D eigenvalue weighted by molar-refractivity contribution is 6.03. The van der Waals surface area contributed by atoms with Crippen molar-refractivity contribution >= 4 is 23.5 Å². The van der Waals surface area contributed by atoms with Crippen LogP contribution in [0.3, 0.4) is 0 Å². The predicted octanol–water partition coefficient (Wildman–Crippen LogP) is 2.35. The zero-order chi connectivity index (χ0) is 20.4. The van der Waals surface area contributed by atoms with Gasteiger partial charge in [0.1, 0.15) is 5.82 Å². The van der Waals surface area contributed by atoms with Gasteiger partial charge in [-0.1, -0.05) is 19.9 Å². The first-order chi connectivity index (χ1) is 14.0. The monoisotopic (exact) mass is 393 g/mol. The van der Waals surface area contributed by atoms with Gasteiger partial charge in [-0.3, -0.25) is 4.79 Å². The van der Waals surface area contributed by atoms with E-state index in [1.807, 2.05) is 6.07 Å². The maximum Gasteiger partial charge on any atom is 0.227 e. The summed E-state index contributed by atoms with van der Waals surface area (Å²) in [6.07, 6.45) is 6.57. The Bertz CT molecular complexity index is 905. The maximum absolute atomic E-state index is 12.8. The molecule has 152 valence electrons. The molecule has 3 heterocycles. The number of anilines is 3. The predicted molar refractivity (Wildman–Crippen MR) is 114 cm³/mol. The van der Waals surface area contributed by atoms with Crippen LogP contribution in [-0.4, -0.2) is 58.4 Å². The number of carbonyl (C=O) groups excluding carboxylic acids is 1. The molecule has 0 atom stereocenters. The number of Topliss-reactive ketones (excluding diaryl/α,β-unsaturated/α-hetero) is 1. The molecule has 4 rings (SSSR count). The van der Waals surface area contributed by atoms with Gasteiger partial charge in [0.15, 0.2) is 5.78 Å². The molecule has 0 bridgehead atoms. The van der Waals surface area contributed by atoms with E-state index >= 15 is 0 Å². The van der Waals surface area contributed by atoms with Crippen molar-refractivity contribution in [1.29, 1.82) is 0 Å². The fourth-order valence-corrected chi connectivity index (χ4v) is 3.95. The molecule has 0 spiro atoms. The highest BCUT2D eigenvalue weighted by Gasteiger charge is 2.35. The fourth-order valence-electron chi connectivity index (χ4n) is 3.95. The lowest BCUT2D eigenvalue weighted by atomic mass is 9.75. The largest absolute Gasteiger partial charge is 0.366 e. The van der Waals surface area contributed by atoms with Crippen LogP contribution in [0.1, 0.15) is 36.3 Å². The Hall–Kier alpha value is -3.03. The number of nitrogens with one attached hydrogen (secondary N) is 1. The van der Waals surface area contributed by atoms with Crippen molar-refractivity contribution in [3.8, 4) is 0 Å². The van der Waals surface area contributed by atoms with Gasteiger partial charge in [-0.25, -0.2) is 15.0 Å². The Kier molecular flexibility index (Phi) is 5.17. The summed E-state index contributed by atoms with van der Waals surface area (Å²) in [4.78, 5) is 35.4. The Balaban J connectivity index is 1.59. The zero-order valence-electron chi connectivity index (χ0n) is 17.1. The molecule has 0 aromatic carbocycles. The molecule has 8 nitrogen and oxygen atoms in total. The summed E-state index contributed by atoms with van der Waals surface area (Å²) in [5.41, 5.74) is 1.40. The van der Waals surface area contributed by atoms with Crippen molar-refractivity contribution in [1.82, 2.24) is 19.9 Å². The van der Waals surface area contributed by atoms with Crippen LogP contribution in [0.5, 0.6) is 0 Å². The summed E-state index contributed by atoms with van der Waals surface area (Å²) < 4.78 is 0. The molecule has 1 aliphatic heterocycles. The Morgan fingerprint density at radius 2 is 1.72 bits per heavy atom. The lowest BCUT2D eigenvalue weighted by Crippen LogP contribution is -2.48. The maximum atomic E-state index is 12.8. The van der Waals surface area contributed by atoms with Crippen molar-refractivity contribution in [3.63, 3.8) is 0 Å². The molecule has 0 amide bonds. The molecule has 29 heavy (non-hydrogen) atoms. The molecular weight excluding hydrogens is 366 g/mol. The van der Waals surface area contributed by atoms with E-state index in [-0.39, 0.29) is 11.2 Å². The average molecular weight is 393 g/mol. The highest BCUT2D eigenvalue weighted by Crippen LogP contribution is 2.37.